The number of nitrogens with one attached hydrogen (secondary N) is 1. The van der Waals surface area contributed by atoms with Crippen molar-refractivity contribution < 1.29 is 0 Å². The predicted molar refractivity (Wildman–Crippen MR) is 72.3 cm³/mol. The molecule has 0 unspecified atom stereocenters. The Hall–Kier alpha value is -1.14. The lowest BCUT2D eigenvalue weighted by Crippen LogP contribution is -2.00. The molecule has 0 fully saturated rings. The molecule has 0 radical (unpaired) electrons. The van der Waals surface area contributed by atoms with Crippen LogP contribution < -0.4 is 5.32 Å². The molecule has 2 rings (SSSR count). The minimum Gasteiger partial charge on any atom is -0.369 e. The van der Waals surface area contributed by atoms with Crippen molar-refractivity contribution in [2.24, 2.45) is 0 Å². The Bertz CT molecular complexity index is 489. The van der Waals surface area contributed by atoms with Crippen LogP contribution in [0, 0.1) is 0 Å². The van der Waals surface area contributed by atoms with Gasteiger partial charge in [-0.3, -0.25) is 4.98 Å². The maximum atomic E-state index is 4.42. The van der Waals surface area contributed by atoms with Crippen LogP contribution in [0.3, 0.4) is 0 Å². The van der Waals surface area contributed by atoms with E-state index in [9.17, 15) is 0 Å². The van der Waals surface area contributed by atoms with Crippen molar-refractivity contribution in [3.8, 4) is 0 Å². The molecular formula is C11H11BrN4S. The lowest BCUT2D eigenvalue weighted by atomic mass is 10.5. The third-order valence-corrected chi connectivity index (χ3v) is 3.21. The van der Waals surface area contributed by atoms with E-state index in [1.807, 2.05) is 19.1 Å². The normalized spacial score (nSPS) is 10.2. The molecule has 4 nitrogen and oxygen atoms in total. The van der Waals surface area contributed by atoms with E-state index >= 15 is 0 Å². The number of halogens is 1. The van der Waals surface area contributed by atoms with Gasteiger partial charge in [0.05, 0.1) is 12.4 Å². The molecule has 0 aliphatic rings. The molecule has 6 heteroatoms. The second-order valence-corrected chi connectivity index (χ2v) is 5.15. The van der Waals surface area contributed by atoms with E-state index in [1.54, 1.807) is 18.6 Å². The van der Waals surface area contributed by atoms with Gasteiger partial charge in [0.1, 0.15) is 15.9 Å². The van der Waals surface area contributed by atoms with Crippen molar-refractivity contribution in [2.45, 2.75) is 17.0 Å². The van der Waals surface area contributed by atoms with Gasteiger partial charge in [0, 0.05) is 17.2 Å². The van der Waals surface area contributed by atoms with Crippen molar-refractivity contribution in [1.29, 1.82) is 0 Å². The number of anilines is 1. The van der Waals surface area contributed by atoms with Gasteiger partial charge in [-0.05, 0) is 46.7 Å². The molecule has 0 amide bonds. The van der Waals surface area contributed by atoms with E-state index in [-0.39, 0.29) is 0 Å². The first kappa shape index (κ1) is 12.3. The summed E-state index contributed by atoms with van der Waals surface area (Å²) in [6.45, 7) is 2.86. The van der Waals surface area contributed by atoms with Gasteiger partial charge in [0.15, 0.2) is 0 Å². The Morgan fingerprint density at radius 2 is 2.12 bits per heavy atom. The molecule has 2 heterocycles. The first-order valence-electron chi connectivity index (χ1n) is 5.13. The summed E-state index contributed by atoms with van der Waals surface area (Å²) in [4.78, 5) is 12.8. The second-order valence-electron chi connectivity index (χ2n) is 3.19. The highest BCUT2D eigenvalue weighted by Crippen LogP contribution is 2.25. The van der Waals surface area contributed by atoms with Gasteiger partial charge in [0.2, 0.25) is 0 Å². The Morgan fingerprint density at radius 3 is 2.82 bits per heavy atom. The lowest BCUT2D eigenvalue weighted by molar-refractivity contribution is 1.02. The van der Waals surface area contributed by atoms with Crippen LogP contribution in [-0.2, 0) is 0 Å². The fourth-order valence-corrected chi connectivity index (χ4v) is 2.14. The van der Waals surface area contributed by atoms with Crippen molar-refractivity contribution in [3.63, 3.8) is 0 Å². The number of aromatic nitrogens is 3. The minimum atomic E-state index is 0.787. The van der Waals surface area contributed by atoms with E-state index in [4.69, 9.17) is 0 Å². The quantitative estimate of drug-likeness (QED) is 0.939. The molecule has 0 saturated carbocycles. The van der Waals surface area contributed by atoms with Crippen molar-refractivity contribution in [3.05, 3.63) is 35.2 Å². The van der Waals surface area contributed by atoms with E-state index in [2.05, 4.69) is 36.2 Å². The van der Waals surface area contributed by atoms with Crippen LogP contribution >= 0.6 is 27.7 Å². The third-order valence-electron chi connectivity index (χ3n) is 1.88. The van der Waals surface area contributed by atoms with Crippen LogP contribution in [0.4, 0.5) is 5.82 Å². The summed E-state index contributed by atoms with van der Waals surface area (Å²) >= 11 is 4.84. The van der Waals surface area contributed by atoms with Gasteiger partial charge in [0.25, 0.3) is 0 Å². The minimum absolute atomic E-state index is 0.787. The summed E-state index contributed by atoms with van der Waals surface area (Å²) in [7, 11) is 0. The second kappa shape index (κ2) is 5.97. The molecule has 88 valence electrons. The average molecular weight is 311 g/mol. The zero-order chi connectivity index (χ0) is 12.1. The van der Waals surface area contributed by atoms with Crippen molar-refractivity contribution in [2.75, 3.05) is 11.9 Å². The Kier molecular flexibility index (Phi) is 4.33. The maximum Gasteiger partial charge on any atom is 0.145 e. The van der Waals surface area contributed by atoms with Gasteiger partial charge in [-0.15, -0.1) is 0 Å². The summed E-state index contributed by atoms with van der Waals surface area (Å²) in [5.41, 5.74) is 0. The van der Waals surface area contributed by atoms with E-state index in [0.29, 0.717) is 0 Å². The smallest absolute Gasteiger partial charge is 0.145 e. The van der Waals surface area contributed by atoms with E-state index in [1.165, 1.54) is 11.8 Å². The van der Waals surface area contributed by atoms with Gasteiger partial charge in [-0.25, -0.2) is 9.97 Å². The Balaban J connectivity index is 2.12. The van der Waals surface area contributed by atoms with Crippen LogP contribution in [0.2, 0.25) is 0 Å². The molecule has 2 aromatic rings. The van der Waals surface area contributed by atoms with E-state index < -0.39 is 0 Å². The predicted octanol–water partition coefficient (Wildman–Crippen LogP) is 3.22. The fraction of sp³-hybridized carbons (Fsp3) is 0.182. The molecule has 0 atom stereocenters. The monoisotopic (exact) mass is 310 g/mol. The number of nitrogens with zero attached hydrogens (tertiary/aromatic N) is 3. The molecule has 0 aliphatic heterocycles. The molecule has 0 saturated heterocycles. The maximum absolute atomic E-state index is 4.42. The Morgan fingerprint density at radius 1 is 1.24 bits per heavy atom. The van der Waals surface area contributed by atoms with Crippen LogP contribution in [0.1, 0.15) is 6.92 Å². The first-order valence-corrected chi connectivity index (χ1v) is 6.74. The molecule has 17 heavy (non-hydrogen) atoms. The highest BCUT2D eigenvalue weighted by Gasteiger charge is 2.02. The number of hydrogen-bond donors (Lipinski definition) is 1. The summed E-state index contributed by atoms with van der Waals surface area (Å²) in [5.74, 6) is 0.787. The van der Waals surface area contributed by atoms with Crippen LogP contribution in [0.25, 0.3) is 0 Å². The van der Waals surface area contributed by atoms with Crippen LogP contribution in [0.15, 0.2) is 45.2 Å². The van der Waals surface area contributed by atoms with Gasteiger partial charge in [-0.1, -0.05) is 0 Å². The van der Waals surface area contributed by atoms with Gasteiger partial charge < -0.3 is 5.32 Å². The molecular weight excluding hydrogens is 300 g/mol. The van der Waals surface area contributed by atoms with Crippen LogP contribution in [-0.4, -0.2) is 21.5 Å². The number of rotatable bonds is 4. The summed E-state index contributed by atoms with van der Waals surface area (Å²) in [6, 6.07) is 3.90. The van der Waals surface area contributed by atoms with Crippen molar-refractivity contribution in [1.82, 2.24) is 15.0 Å². The molecule has 0 spiro atoms. The highest BCUT2D eigenvalue weighted by atomic mass is 79.9. The average Bonchev–Trinajstić information content (AvgIpc) is 2.33. The topological polar surface area (TPSA) is 50.7 Å². The molecule has 0 aliphatic carbocycles. The third kappa shape index (κ3) is 3.67. The zero-order valence-electron chi connectivity index (χ0n) is 9.22. The van der Waals surface area contributed by atoms with Gasteiger partial charge >= 0.3 is 0 Å². The first-order chi connectivity index (χ1) is 8.28. The molecule has 0 aromatic carbocycles. The highest BCUT2D eigenvalue weighted by molar-refractivity contribution is 9.10. The molecule has 1 N–H and O–H groups in total. The number of hydrogen-bond acceptors (Lipinski definition) is 5. The lowest BCUT2D eigenvalue weighted by Gasteiger charge is -2.03. The Labute approximate surface area is 112 Å². The zero-order valence-corrected chi connectivity index (χ0v) is 11.6. The van der Waals surface area contributed by atoms with Crippen LogP contribution in [0.5, 0.6) is 0 Å². The summed E-state index contributed by atoms with van der Waals surface area (Å²) in [5, 5.41) is 4.86. The fourth-order valence-electron chi connectivity index (χ4n) is 1.19. The number of pyridine rings is 1. The van der Waals surface area contributed by atoms with Gasteiger partial charge in [-0.2, -0.15) is 0 Å². The standard InChI is InChI=1S/C11H11BrN4S/c1-2-14-9-6-13-7-11(16-9)17-10-4-3-8(12)5-15-10/h3-7H,2H2,1H3,(H,14,16). The van der Waals surface area contributed by atoms with E-state index in [0.717, 1.165) is 26.9 Å². The summed E-state index contributed by atoms with van der Waals surface area (Å²) in [6.07, 6.45) is 5.21. The SMILES string of the molecule is CCNc1cncc(Sc2ccc(Br)cn2)n1. The largest absolute Gasteiger partial charge is 0.369 e. The van der Waals surface area contributed by atoms with Crippen molar-refractivity contribution >= 4 is 33.5 Å². The summed E-state index contributed by atoms with van der Waals surface area (Å²) < 4.78 is 0.967. The molecule has 2 aromatic heterocycles. The molecule has 0 bridgehead atoms.